The molecule has 1 aromatic rings. The molecule has 0 aromatic carbocycles. The van der Waals surface area contributed by atoms with E-state index >= 15 is 0 Å². The number of alkyl halides is 6. The number of aromatic amines is 1. The van der Waals surface area contributed by atoms with Crippen LogP contribution in [-0.2, 0) is 11.5 Å². The molecule has 90 valence electrons. The summed E-state index contributed by atoms with van der Waals surface area (Å²) in [6, 6.07) is 0. The summed E-state index contributed by atoms with van der Waals surface area (Å²) >= 11 is 2.74. The number of hydrogen-bond donors (Lipinski definition) is 1. The molecule has 1 heterocycles. The molecule has 0 unspecified atom stereocenters. The van der Waals surface area contributed by atoms with Crippen molar-refractivity contribution in [3.8, 4) is 0 Å². The van der Waals surface area contributed by atoms with Crippen LogP contribution < -0.4 is 5.56 Å². The zero-order chi connectivity index (χ0) is 12.5. The topological polar surface area (TPSA) is 32.9 Å². The van der Waals surface area contributed by atoms with Crippen molar-refractivity contribution in [2.24, 2.45) is 0 Å². The minimum absolute atomic E-state index is 0.279. The fourth-order valence-corrected chi connectivity index (χ4v) is 1.68. The molecule has 8 heteroatoms. The molecule has 0 saturated carbocycles. The van der Waals surface area contributed by atoms with Gasteiger partial charge in [0.25, 0.3) is 12.0 Å². The Morgan fingerprint density at radius 3 is 2.31 bits per heavy atom. The maximum atomic E-state index is 12.5. The normalized spacial score (nSPS) is 12.2. The van der Waals surface area contributed by atoms with E-state index in [2.05, 4.69) is 15.9 Å². The number of hydrogen-bond acceptors (Lipinski definition) is 1. The van der Waals surface area contributed by atoms with Gasteiger partial charge >= 0.3 is 6.18 Å². The van der Waals surface area contributed by atoms with Crippen molar-refractivity contribution < 1.29 is 22.0 Å². The van der Waals surface area contributed by atoms with Gasteiger partial charge in [-0.05, 0) is 5.56 Å². The maximum absolute atomic E-state index is 12.5. The maximum Gasteiger partial charge on any atom is 0.417 e. The number of pyridine rings is 1. The summed E-state index contributed by atoms with van der Waals surface area (Å²) in [6.45, 7) is 0. The minimum Gasteiger partial charge on any atom is -0.328 e. The lowest BCUT2D eigenvalue weighted by molar-refractivity contribution is -0.140. The van der Waals surface area contributed by atoms with Crippen molar-refractivity contribution in [2.75, 3.05) is 0 Å². The molecule has 0 fully saturated rings. The molecular formula is C8H5BrF5NO. The fraction of sp³-hybridized carbons (Fsp3) is 0.375. The first-order chi connectivity index (χ1) is 7.29. The van der Waals surface area contributed by atoms with Crippen LogP contribution >= 0.6 is 15.9 Å². The second-order valence-corrected chi connectivity index (χ2v) is 3.42. The monoisotopic (exact) mass is 305 g/mol. The van der Waals surface area contributed by atoms with Crippen molar-refractivity contribution >= 4 is 15.9 Å². The summed E-state index contributed by atoms with van der Waals surface area (Å²) in [5.74, 6) is 0. The van der Waals surface area contributed by atoms with Crippen LogP contribution in [0.3, 0.4) is 0 Å². The van der Waals surface area contributed by atoms with Crippen molar-refractivity contribution in [3.63, 3.8) is 0 Å². The highest BCUT2D eigenvalue weighted by Crippen LogP contribution is 2.37. The van der Waals surface area contributed by atoms with Gasteiger partial charge in [-0.2, -0.15) is 13.2 Å². The summed E-state index contributed by atoms with van der Waals surface area (Å²) in [4.78, 5) is 12.8. The van der Waals surface area contributed by atoms with Gasteiger partial charge in [0.1, 0.15) is 0 Å². The Morgan fingerprint density at radius 1 is 1.38 bits per heavy atom. The summed E-state index contributed by atoms with van der Waals surface area (Å²) in [6.07, 6.45) is -7.69. The summed E-state index contributed by atoms with van der Waals surface area (Å²) in [5, 5.41) is -0.279. The Hall–Kier alpha value is -0.920. The minimum atomic E-state index is -4.98. The molecule has 1 rings (SSSR count). The quantitative estimate of drug-likeness (QED) is 0.660. The van der Waals surface area contributed by atoms with Gasteiger partial charge in [0.2, 0.25) is 0 Å². The van der Waals surface area contributed by atoms with E-state index in [1.54, 1.807) is 0 Å². The van der Waals surface area contributed by atoms with Crippen molar-refractivity contribution in [2.45, 2.75) is 17.9 Å². The highest BCUT2D eigenvalue weighted by Gasteiger charge is 2.39. The molecule has 0 aliphatic carbocycles. The van der Waals surface area contributed by atoms with Crippen molar-refractivity contribution in [3.05, 3.63) is 33.2 Å². The van der Waals surface area contributed by atoms with Crippen LogP contribution in [-0.4, -0.2) is 4.98 Å². The van der Waals surface area contributed by atoms with Gasteiger partial charge in [-0.25, -0.2) is 8.78 Å². The third-order valence-corrected chi connectivity index (χ3v) is 2.46. The lowest BCUT2D eigenvalue weighted by Gasteiger charge is -2.14. The van der Waals surface area contributed by atoms with E-state index in [4.69, 9.17) is 0 Å². The first-order valence-electron chi connectivity index (χ1n) is 3.94. The van der Waals surface area contributed by atoms with Crippen LogP contribution in [0.2, 0.25) is 0 Å². The number of aromatic nitrogens is 1. The van der Waals surface area contributed by atoms with Crippen LogP contribution in [0.25, 0.3) is 0 Å². The SMILES string of the molecule is O=c1[nH]cc(CBr)c(C(F)(F)F)c1C(F)F. The molecule has 0 bridgehead atoms. The van der Waals surface area contributed by atoms with Crippen LogP contribution in [0.1, 0.15) is 23.1 Å². The van der Waals surface area contributed by atoms with E-state index in [1.165, 1.54) is 0 Å². The van der Waals surface area contributed by atoms with E-state index in [-0.39, 0.29) is 5.33 Å². The van der Waals surface area contributed by atoms with Gasteiger partial charge in [0.05, 0.1) is 11.1 Å². The Balaban J connectivity index is 3.63. The van der Waals surface area contributed by atoms with Gasteiger partial charge in [-0.15, -0.1) is 0 Å². The summed E-state index contributed by atoms with van der Waals surface area (Å²) in [5.41, 5.74) is -4.96. The van der Waals surface area contributed by atoms with E-state index in [9.17, 15) is 26.7 Å². The van der Waals surface area contributed by atoms with Crippen LogP contribution in [0.4, 0.5) is 22.0 Å². The second-order valence-electron chi connectivity index (χ2n) is 2.86. The zero-order valence-electron chi connectivity index (χ0n) is 7.54. The predicted octanol–water partition coefficient (Wildman–Crippen LogP) is 3.23. The number of halogens is 6. The molecule has 1 N–H and O–H groups in total. The fourth-order valence-electron chi connectivity index (χ4n) is 1.24. The average molecular weight is 306 g/mol. The molecule has 0 radical (unpaired) electrons. The predicted molar refractivity (Wildman–Crippen MR) is 49.7 cm³/mol. The molecule has 0 spiro atoms. The van der Waals surface area contributed by atoms with Gasteiger partial charge in [0, 0.05) is 11.5 Å². The number of H-pyrrole nitrogens is 1. The van der Waals surface area contributed by atoms with Gasteiger partial charge in [-0.3, -0.25) is 4.79 Å². The second kappa shape index (κ2) is 4.52. The average Bonchev–Trinajstić information content (AvgIpc) is 2.15. The highest BCUT2D eigenvalue weighted by molar-refractivity contribution is 9.08. The largest absolute Gasteiger partial charge is 0.417 e. The molecule has 0 aliphatic heterocycles. The van der Waals surface area contributed by atoms with Gasteiger partial charge in [-0.1, -0.05) is 15.9 Å². The van der Waals surface area contributed by atoms with Gasteiger partial charge < -0.3 is 4.98 Å². The Labute approximate surface area is 94.6 Å². The van der Waals surface area contributed by atoms with Crippen molar-refractivity contribution in [1.82, 2.24) is 4.98 Å². The summed E-state index contributed by atoms with van der Waals surface area (Å²) in [7, 11) is 0. The van der Waals surface area contributed by atoms with Gasteiger partial charge in [0.15, 0.2) is 0 Å². The van der Waals surface area contributed by atoms with E-state index in [0.29, 0.717) is 0 Å². The Kier molecular flexibility index (Phi) is 3.72. The highest BCUT2D eigenvalue weighted by atomic mass is 79.9. The molecule has 0 atom stereocenters. The van der Waals surface area contributed by atoms with Crippen LogP contribution in [0.5, 0.6) is 0 Å². The molecule has 2 nitrogen and oxygen atoms in total. The molecule has 0 aliphatic rings. The lowest BCUT2D eigenvalue weighted by Crippen LogP contribution is -2.23. The standard InChI is InChI=1S/C8H5BrF5NO/c9-1-3-2-15-7(16)4(6(10)11)5(3)8(12,13)14/h2,6H,1H2,(H,15,16). The number of rotatable bonds is 2. The Morgan fingerprint density at radius 2 is 1.94 bits per heavy atom. The lowest BCUT2D eigenvalue weighted by atomic mass is 10.1. The first-order valence-corrected chi connectivity index (χ1v) is 5.07. The van der Waals surface area contributed by atoms with E-state index < -0.39 is 34.9 Å². The third kappa shape index (κ3) is 2.42. The third-order valence-electron chi connectivity index (χ3n) is 1.86. The molecular weight excluding hydrogens is 301 g/mol. The zero-order valence-corrected chi connectivity index (χ0v) is 9.12. The van der Waals surface area contributed by atoms with E-state index in [0.717, 1.165) is 6.20 Å². The molecule has 0 saturated heterocycles. The molecule has 0 amide bonds. The van der Waals surface area contributed by atoms with Crippen LogP contribution in [0.15, 0.2) is 11.0 Å². The first kappa shape index (κ1) is 13.1. The van der Waals surface area contributed by atoms with E-state index in [1.807, 2.05) is 4.98 Å². The molecule has 1 aromatic heterocycles. The van der Waals surface area contributed by atoms with Crippen LogP contribution in [0, 0.1) is 0 Å². The smallest absolute Gasteiger partial charge is 0.328 e. The molecule has 16 heavy (non-hydrogen) atoms. The Bertz CT molecular complexity index is 439. The van der Waals surface area contributed by atoms with Crippen molar-refractivity contribution in [1.29, 1.82) is 0 Å². The summed E-state index contributed by atoms with van der Waals surface area (Å²) < 4.78 is 62.4. The number of nitrogens with one attached hydrogen (secondary N) is 1.